The van der Waals surface area contributed by atoms with Crippen molar-refractivity contribution in [3.63, 3.8) is 0 Å². The van der Waals surface area contributed by atoms with Crippen molar-refractivity contribution in [1.29, 1.82) is 0 Å². The van der Waals surface area contributed by atoms with Crippen LogP contribution in [0.3, 0.4) is 0 Å². The molecule has 2 aromatic carbocycles. The normalized spacial score (nSPS) is 15.9. The molecule has 0 saturated carbocycles. The van der Waals surface area contributed by atoms with Gasteiger partial charge in [-0.25, -0.2) is 4.39 Å². The zero-order chi connectivity index (χ0) is 17.8. The van der Waals surface area contributed by atoms with Crippen LogP contribution in [0.25, 0.3) is 6.08 Å². The number of ether oxygens (including phenoxy) is 1. The lowest BCUT2D eigenvalue weighted by Crippen LogP contribution is -2.27. The lowest BCUT2D eigenvalue weighted by molar-refractivity contribution is -0.123. The molecule has 1 fully saturated rings. The molecule has 2 amide bonds. The number of rotatable bonds is 5. The van der Waals surface area contributed by atoms with Crippen molar-refractivity contribution in [1.82, 2.24) is 4.90 Å². The summed E-state index contributed by atoms with van der Waals surface area (Å²) in [7, 11) is 0. The largest absolute Gasteiger partial charge is 0.493 e. The van der Waals surface area contributed by atoms with E-state index in [0.29, 0.717) is 22.8 Å². The minimum atomic E-state index is -0.356. The van der Waals surface area contributed by atoms with E-state index in [1.165, 1.54) is 12.1 Å². The Morgan fingerprint density at radius 3 is 2.56 bits per heavy atom. The van der Waals surface area contributed by atoms with Crippen LogP contribution in [0.2, 0.25) is 0 Å². The minimum Gasteiger partial charge on any atom is -0.493 e. The molecule has 25 heavy (non-hydrogen) atoms. The van der Waals surface area contributed by atoms with Crippen molar-refractivity contribution in [2.45, 2.75) is 13.5 Å². The summed E-state index contributed by atoms with van der Waals surface area (Å²) in [5, 5.41) is -0.338. The molecule has 0 unspecified atom stereocenters. The predicted octanol–water partition coefficient (Wildman–Crippen LogP) is 4.46. The highest BCUT2D eigenvalue weighted by molar-refractivity contribution is 8.18. The maximum atomic E-state index is 13.0. The first kappa shape index (κ1) is 17.2. The Morgan fingerprint density at radius 1 is 1.12 bits per heavy atom. The average Bonchev–Trinajstić information content (AvgIpc) is 2.86. The summed E-state index contributed by atoms with van der Waals surface area (Å²) in [4.78, 5) is 26.3. The molecule has 1 heterocycles. The summed E-state index contributed by atoms with van der Waals surface area (Å²) >= 11 is 0.895. The molecule has 1 aliphatic rings. The number of para-hydroxylation sites is 1. The molecule has 0 radical (unpaired) electrons. The molecule has 3 rings (SSSR count). The summed E-state index contributed by atoms with van der Waals surface area (Å²) < 4.78 is 18.5. The summed E-state index contributed by atoms with van der Waals surface area (Å²) in [6.07, 6.45) is 1.67. The van der Waals surface area contributed by atoms with E-state index in [1.807, 2.05) is 31.2 Å². The van der Waals surface area contributed by atoms with Crippen LogP contribution in [0.5, 0.6) is 5.75 Å². The van der Waals surface area contributed by atoms with Crippen molar-refractivity contribution in [2.75, 3.05) is 6.61 Å². The van der Waals surface area contributed by atoms with Gasteiger partial charge in [-0.15, -0.1) is 0 Å². The van der Waals surface area contributed by atoms with Gasteiger partial charge in [0.2, 0.25) is 0 Å². The lowest BCUT2D eigenvalue weighted by atomic mass is 10.1. The molecule has 2 aromatic rings. The van der Waals surface area contributed by atoms with Gasteiger partial charge in [0.15, 0.2) is 0 Å². The Morgan fingerprint density at radius 2 is 1.84 bits per heavy atom. The molecular formula is C19H16FNO3S. The predicted molar refractivity (Wildman–Crippen MR) is 95.5 cm³/mol. The Balaban J connectivity index is 1.82. The van der Waals surface area contributed by atoms with E-state index in [2.05, 4.69) is 0 Å². The molecule has 6 heteroatoms. The molecule has 0 atom stereocenters. The fourth-order valence-electron chi connectivity index (χ4n) is 2.44. The number of thioether (sulfide) groups is 1. The summed E-state index contributed by atoms with van der Waals surface area (Å²) in [6.45, 7) is 2.51. The topological polar surface area (TPSA) is 46.6 Å². The summed E-state index contributed by atoms with van der Waals surface area (Å²) in [5.74, 6) is -0.0497. The van der Waals surface area contributed by atoms with Gasteiger partial charge in [-0.1, -0.05) is 30.3 Å². The fraction of sp³-hybridized carbons (Fsp3) is 0.158. The molecule has 0 aromatic heterocycles. The molecule has 1 saturated heterocycles. The highest BCUT2D eigenvalue weighted by atomic mass is 32.2. The van der Waals surface area contributed by atoms with Gasteiger partial charge in [0.1, 0.15) is 11.6 Å². The van der Waals surface area contributed by atoms with Crippen LogP contribution in [-0.2, 0) is 11.3 Å². The number of imide groups is 1. The number of hydrogen-bond donors (Lipinski definition) is 0. The van der Waals surface area contributed by atoms with Crippen molar-refractivity contribution in [3.05, 3.63) is 70.4 Å². The van der Waals surface area contributed by atoms with Gasteiger partial charge in [-0.3, -0.25) is 14.5 Å². The Bertz CT molecular complexity index is 833. The van der Waals surface area contributed by atoms with Crippen molar-refractivity contribution >= 4 is 29.0 Å². The van der Waals surface area contributed by atoms with Crippen molar-refractivity contribution < 1.29 is 18.7 Å². The number of benzene rings is 2. The van der Waals surface area contributed by atoms with E-state index >= 15 is 0 Å². The van der Waals surface area contributed by atoms with Crippen molar-refractivity contribution in [3.8, 4) is 5.75 Å². The summed E-state index contributed by atoms with van der Waals surface area (Å²) in [6, 6.07) is 13.1. The quantitative estimate of drug-likeness (QED) is 0.741. The Kier molecular flexibility index (Phi) is 5.19. The maximum absolute atomic E-state index is 13.0. The number of carbonyl (C=O) groups excluding carboxylic acids is 2. The van der Waals surface area contributed by atoms with Gasteiger partial charge in [0.05, 0.1) is 18.1 Å². The zero-order valence-electron chi connectivity index (χ0n) is 13.6. The third-order valence-electron chi connectivity index (χ3n) is 3.63. The SMILES string of the molecule is CCOc1ccccc1/C=C1\SC(=O)N(Cc2ccc(F)cc2)C1=O. The van der Waals surface area contributed by atoms with Crippen molar-refractivity contribution in [2.24, 2.45) is 0 Å². The standard InChI is InChI=1S/C19H16FNO3S/c1-2-24-16-6-4-3-5-14(16)11-17-18(22)21(19(23)25-17)12-13-7-9-15(20)10-8-13/h3-11H,2,12H2,1H3/b17-11-. The molecular weight excluding hydrogens is 341 g/mol. The number of nitrogens with zero attached hydrogens (tertiary/aromatic N) is 1. The average molecular weight is 357 g/mol. The van der Waals surface area contributed by atoms with Gasteiger partial charge >= 0.3 is 0 Å². The molecule has 0 aliphatic carbocycles. The first-order valence-corrected chi connectivity index (χ1v) is 8.61. The van der Waals surface area contributed by atoms with Crippen LogP contribution in [0, 0.1) is 5.82 Å². The first-order valence-electron chi connectivity index (χ1n) is 7.80. The molecule has 0 spiro atoms. The van der Waals surface area contributed by atoms with Crippen LogP contribution in [0.15, 0.2) is 53.4 Å². The second-order valence-electron chi connectivity index (χ2n) is 5.37. The second-order valence-corrected chi connectivity index (χ2v) is 6.36. The summed E-state index contributed by atoms with van der Waals surface area (Å²) in [5.41, 5.74) is 1.44. The van der Waals surface area contributed by atoms with Gasteiger partial charge < -0.3 is 4.74 Å². The van der Waals surface area contributed by atoms with Crippen LogP contribution >= 0.6 is 11.8 Å². The second kappa shape index (κ2) is 7.53. The van der Waals surface area contributed by atoms with E-state index in [1.54, 1.807) is 18.2 Å². The number of carbonyl (C=O) groups is 2. The molecule has 4 nitrogen and oxygen atoms in total. The molecule has 0 bridgehead atoms. The number of hydrogen-bond acceptors (Lipinski definition) is 4. The first-order chi connectivity index (χ1) is 12.1. The highest BCUT2D eigenvalue weighted by Gasteiger charge is 2.35. The van der Waals surface area contributed by atoms with E-state index in [9.17, 15) is 14.0 Å². The van der Waals surface area contributed by atoms with Gasteiger partial charge in [0.25, 0.3) is 11.1 Å². The third kappa shape index (κ3) is 3.91. The van der Waals surface area contributed by atoms with Crippen LogP contribution in [0.4, 0.5) is 9.18 Å². The molecule has 128 valence electrons. The van der Waals surface area contributed by atoms with Crippen LogP contribution in [-0.4, -0.2) is 22.7 Å². The third-order valence-corrected chi connectivity index (χ3v) is 4.54. The lowest BCUT2D eigenvalue weighted by Gasteiger charge is -2.12. The minimum absolute atomic E-state index is 0.120. The van der Waals surface area contributed by atoms with E-state index < -0.39 is 0 Å². The monoisotopic (exact) mass is 357 g/mol. The van der Waals surface area contributed by atoms with E-state index in [0.717, 1.165) is 22.2 Å². The molecule has 1 aliphatic heterocycles. The van der Waals surface area contributed by atoms with E-state index in [4.69, 9.17) is 4.74 Å². The van der Waals surface area contributed by atoms with Crippen LogP contribution in [0.1, 0.15) is 18.1 Å². The van der Waals surface area contributed by atoms with Gasteiger partial charge in [0, 0.05) is 5.56 Å². The molecule has 0 N–H and O–H groups in total. The smallest absolute Gasteiger partial charge is 0.293 e. The zero-order valence-corrected chi connectivity index (χ0v) is 14.4. The Labute approximate surface area is 149 Å². The van der Waals surface area contributed by atoms with Crippen LogP contribution < -0.4 is 4.74 Å². The Hall–Kier alpha value is -2.60. The maximum Gasteiger partial charge on any atom is 0.293 e. The van der Waals surface area contributed by atoms with Gasteiger partial charge in [-0.2, -0.15) is 0 Å². The number of amides is 2. The van der Waals surface area contributed by atoms with E-state index in [-0.39, 0.29) is 23.5 Å². The van der Waals surface area contributed by atoms with Gasteiger partial charge in [-0.05, 0) is 48.5 Å². The fourth-order valence-corrected chi connectivity index (χ4v) is 3.27. The highest BCUT2D eigenvalue weighted by Crippen LogP contribution is 2.34. The number of halogens is 1.